The fourth-order valence-electron chi connectivity index (χ4n) is 5.06. The normalized spacial score (nSPS) is 17.9. The number of benzene rings is 4. The van der Waals surface area contributed by atoms with E-state index in [0.29, 0.717) is 5.92 Å². The zero-order chi connectivity index (χ0) is 23.2. The molecule has 0 amide bonds. The molecule has 35 heavy (non-hydrogen) atoms. The van der Waals surface area contributed by atoms with Crippen LogP contribution < -0.4 is 3.61 Å². The first-order valence-corrected chi connectivity index (χ1v) is 14.4. The molecule has 0 saturated carbocycles. The Morgan fingerprint density at radius 1 is 0.543 bits per heavy atom. The van der Waals surface area contributed by atoms with Gasteiger partial charge in [-0.25, -0.2) is 0 Å². The molecule has 1 aromatic heterocycles. The van der Waals surface area contributed by atoms with E-state index in [4.69, 9.17) is 9.97 Å². The van der Waals surface area contributed by atoms with E-state index in [9.17, 15) is 0 Å². The van der Waals surface area contributed by atoms with Crippen molar-refractivity contribution in [1.29, 1.82) is 0 Å². The summed E-state index contributed by atoms with van der Waals surface area (Å²) >= 11 is -0.222. The maximum absolute atomic E-state index is 5.09. The van der Waals surface area contributed by atoms with Gasteiger partial charge in [0.05, 0.1) is 0 Å². The third-order valence-electron chi connectivity index (χ3n) is 6.81. The van der Waals surface area contributed by atoms with Crippen molar-refractivity contribution in [1.82, 2.24) is 9.97 Å². The van der Waals surface area contributed by atoms with Crippen molar-refractivity contribution in [2.75, 3.05) is 0 Å². The standard InChI is InChI=1S/C32H22N2Te/c1-2-9-21(10-3-1)31-32(34-28-15-6-5-14-27(28)33-31)24-12-8-11-22(19-24)23-17-18-26-25-13-4-7-16-29(25)35-30(26)20-23/h1-20,25,29H. The minimum atomic E-state index is -0.222. The van der Waals surface area contributed by atoms with E-state index >= 15 is 0 Å². The summed E-state index contributed by atoms with van der Waals surface area (Å²) in [5.74, 6) is 0.582. The van der Waals surface area contributed by atoms with Crippen LogP contribution in [0.4, 0.5) is 0 Å². The van der Waals surface area contributed by atoms with E-state index < -0.39 is 0 Å². The quantitative estimate of drug-likeness (QED) is 0.222. The molecule has 0 saturated heterocycles. The monoisotopic (exact) mass is 564 g/mol. The van der Waals surface area contributed by atoms with Crippen LogP contribution in [0.3, 0.4) is 0 Å². The third-order valence-corrected chi connectivity index (χ3v) is 10.6. The molecule has 0 N–H and O–H groups in total. The van der Waals surface area contributed by atoms with Crippen molar-refractivity contribution in [3.63, 3.8) is 0 Å². The molecule has 1 aliphatic carbocycles. The summed E-state index contributed by atoms with van der Waals surface area (Å²) < 4.78 is 2.32. The van der Waals surface area contributed by atoms with Gasteiger partial charge in [-0.2, -0.15) is 0 Å². The van der Waals surface area contributed by atoms with Gasteiger partial charge in [-0.3, -0.25) is 0 Å². The Bertz CT molecular complexity index is 1630. The van der Waals surface area contributed by atoms with E-state index in [1.54, 1.807) is 3.61 Å². The molecule has 0 spiro atoms. The Hall–Kier alpha value is -3.51. The summed E-state index contributed by atoms with van der Waals surface area (Å²) in [6, 6.07) is 34.4. The molecule has 2 aliphatic rings. The molecule has 0 radical (unpaired) electrons. The number of allylic oxidation sites excluding steroid dienone is 4. The van der Waals surface area contributed by atoms with Crippen LogP contribution in [0.2, 0.25) is 3.97 Å². The van der Waals surface area contributed by atoms with Crippen LogP contribution in [0.1, 0.15) is 11.5 Å². The first-order valence-electron chi connectivity index (χ1n) is 11.9. The fraction of sp³-hybridized carbons (Fsp3) is 0.0625. The molecule has 3 heteroatoms. The van der Waals surface area contributed by atoms with Crippen LogP contribution in [0.15, 0.2) is 121 Å². The molecule has 2 atom stereocenters. The van der Waals surface area contributed by atoms with Crippen LogP contribution in [0.5, 0.6) is 0 Å². The van der Waals surface area contributed by atoms with Crippen molar-refractivity contribution in [3.8, 4) is 33.6 Å². The molecule has 166 valence electrons. The first-order chi connectivity index (χ1) is 17.3. The van der Waals surface area contributed by atoms with Crippen molar-refractivity contribution in [2.24, 2.45) is 0 Å². The molecule has 2 nitrogen and oxygen atoms in total. The number of hydrogen-bond acceptors (Lipinski definition) is 2. The van der Waals surface area contributed by atoms with E-state index in [-0.39, 0.29) is 20.9 Å². The Kier molecular flexibility index (Phi) is 5.12. The van der Waals surface area contributed by atoms with Crippen LogP contribution in [-0.2, 0) is 0 Å². The third kappa shape index (κ3) is 3.73. The average molecular weight is 562 g/mol. The van der Waals surface area contributed by atoms with Gasteiger partial charge in [0.25, 0.3) is 0 Å². The fourth-order valence-corrected chi connectivity index (χ4v) is 9.01. The second-order valence-electron chi connectivity index (χ2n) is 8.99. The van der Waals surface area contributed by atoms with Gasteiger partial charge >= 0.3 is 216 Å². The van der Waals surface area contributed by atoms with Crippen molar-refractivity contribution in [3.05, 3.63) is 127 Å². The van der Waals surface area contributed by atoms with Gasteiger partial charge in [0.1, 0.15) is 0 Å². The molecule has 4 aromatic carbocycles. The van der Waals surface area contributed by atoms with Crippen LogP contribution in [0.25, 0.3) is 44.7 Å². The first kappa shape index (κ1) is 20.8. The molecular weight excluding hydrogens is 540 g/mol. The van der Waals surface area contributed by atoms with Gasteiger partial charge < -0.3 is 0 Å². The topological polar surface area (TPSA) is 25.8 Å². The number of aromatic nitrogens is 2. The number of hydrogen-bond donors (Lipinski definition) is 0. The average Bonchev–Trinajstić information content (AvgIpc) is 3.31. The van der Waals surface area contributed by atoms with Gasteiger partial charge in [-0.15, -0.1) is 0 Å². The summed E-state index contributed by atoms with van der Waals surface area (Å²) in [6.45, 7) is 0. The van der Waals surface area contributed by atoms with Gasteiger partial charge in [0.2, 0.25) is 0 Å². The van der Waals surface area contributed by atoms with Crippen LogP contribution in [0, 0.1) is 0 Å². The summed E-state index contributed by atoms with van der Waals surface area (Å²) in [5.41, 5.74) is 9.90. The minimum absolute atomic E-state index is 0.222. The molecule has 5 aromatic rings. The van der Waals surface area contributed by atoms with Crippen molar-refractivity contribution >= 4 is 35.6 Å². The van der Waals surface area contributed by atoms with E-state index in [1.807, 2.05) is 30.3 Å². The predicted octanol–water partition coefficient (Wildman–Crippen LogP) is 6.97. The Balaban J connectivity index is 1.34. The Morgan fingerprint density at radius 2 is 1.20 bits per heavy atom. The zero-order valence-corrected chi connectivity index (χ0v) is 21.3. The van der Waals surface area contributed by atoms with Gasteiger partial charge in [0.15, 0.2) is 0 Å². The van der Waals surface area contributed by atoms with Crippen LogP contribution >= 0.6 is 0 Å². The molecular formula is C32H22N2Te. The molecule has 2 unspecified atom stereocenters. The SMILES string of the molecule is C1=CC2[Te]c3cc(-c4cccc(-c5nc6ccccc6nc5-c5ccccc5)c4)ccc3C2C=C1. The summed E-state index contributed by atoms with van der Waals surface area (Å²) in [4.78, 5) is 10.1. The molecule has 0 bridgehead atoms. The molecule has 0 fully saturated rings. The number of para-hydroxylation sites is 2. The Labute approximate surface area is 215 Å². The van der Waals surface area contributed by atoms with Crippen molar-refractivity contribution < 1.29 is 0 Å². The number of nitrogens with zero attached hydrogens (tertiary/aromatic N) is 2. The van der Waals surface area contributed by atoms with Crippen molar-refractivity contribution in [2.45, 2.75) is 9.88 Å². The van der Waals surface area contributed by atoms with Gasteiger partial charge in [-0.05, 0) is 0 Å². The molecule has 1 aliphatic heterocycles. The van der Waals surface area contributed by atoms with Gasteiger partial charge in [-0.1, -0.05) is 0 Å². The number of rotatable bonds is 3. The second kappa shape index (κ2) is 8.61. The van der Waals surface area contributed by atoms with E-state index in [1.165, 1.54) is 16.7 Å². The van der Waals surface area contributed by atoms with Crippen LogP contribution in [-0.4, -0.2) is 30.9 Å². The Morgan fingerprint density at radius 3 is 2.03 bits per heavy atom. The molecule has 2 heterocycles. The predicted molar refractivity (Wildman–Crippen MR) is 146 cm³/mol. The zero-order valence-electron chi connectivity index (χ0n) is 19.0. The second-order valence-corrected chi connectivity index (χ2v) is 12.5. The maximum atomic E-state index is 5.09. The summed E-state index contributed by atoms with van der Waals surface area (Å²) in [5, 5.41) is 0. The van der Waals surface area contributed by atoms with Gasteiger partial charge in [0, 0.05) is 0 Å². The van der Waals surface area contributed by atoms with E-state index in [0.717, 1.165) is 37.5 Å². The van der Waals surface area contributed by atoms with E-state index in [2.05, 4.69) is 91.0 Å². The summed E-state index contributed by atoms with van der Waals surface area (Å²) in [6.07, 6.45) is 9.22. The molecule has 7 rings (SSSR count). The number of fused-ring (bicyclic) bond motifs is 4. The summed E-state index contributed by atoms with van der Waals surface area (Å²) in [7, 11) is 0.